The first kappa shape index (κ1) is 32.9. The van der Waals surface area contributed by atoms with Crippen LogP contribution in [0.25, 0.3) is 0 Å². The molecule has 2 aliphatic carbocycles. The van der Waals surface area contributed by atoms with Crippen molar-refractivity contribution in [3.63, 3.8) is 0 Å². The van der Waals surface area contributed by atoms with Crippen molar-refractivity contribution < 1.29 is 42.2 Å². The van der Waals surface area contributed by atoms with Crippen molar-refractivity contribution in [2.75, 3.05) is 19.6 Å². The number of alkyl halides is 3. The van der Waals surface area contributed by atoms with E-state index < -0.39 is 69.5 Å². The molecule has 1 aromatic heterocycles. The molecule has 6 atom stereocenters. The molecule has 4 aliphatic rings. The predicted octanol–water partition coefficient (Wildman–Crippen LogP) is 5.74. The van der Waals surface area contributed by atoms with E-state index in [0.29, 0.717) is 39.0 Å². The first-order chi connectivity index (χ1) is 23.2. The number of phenolic OH excluding ortho intramolecular Hbond substituents is 1. The second-order valence-corrected chi connectivity index (χ2v) is 13.4. The Bertz CT molecular complexity index is 1970. The van der Waals surface area contributed by atoms with Crippen LogP contribution in [0.5, 0.6) is 11.5 Å². The fourth-order valence-corrected chi connectivity index (χ4v) is 8.56. The van der Waals surface area contributed by atoms with Crippen molar-refractivity contribution >= 4 is 52.6 Å². The molecule has 2 aromatic carbocycles. The summed E-state index contributed by atoms with van der Waals surface area (Å²) in [5.74, 6) is -6.80. The molecule has 2 N–H and O–H groups in total. The van der Waals surface area contributed by atoms with Gasteiger partial charge in [-0.05, 0) is 48.6 Å². The van der Waals surface area contributed by atoms with Crippen LogP contribution in [0.1, 0.15) is 35.4 Å². The Morgan fingerprint density at radius 2 is 1.71 bits per heavy atom. The van der Waals surface area contributed by atoms with E-state index in [2.05, 4.69) is 10.4 Å². The van der Waals surface area contributed by atoms with E-state index in [9.17, 15) is 32.7 Å². The molecular weight excluding hydrogens is 688 g/mol. The zero-order valence-electron chi connectivity index (χ0n) is 25.8. The van der Waals surface area contributed by atoms with Gasteiger partial charge in [-0.25, -0.2) is 4.98 Å². The molecule has 0 radical (unpaired) electrons. The van der Waals surface area contributed by atoms with Crippen LogP contribution in [0.15, 0.2) is 66.4 Å². The van der Waals surface area contributed by atoms with Crippen molar-refractivity contribution in [2.24, 2.45) is 23.7 Å². The number of halogens is 5. The van der Waals surface area contributed by atoms with Crippen molar-refractivity contribution in [2.45, 2.75) is 30.4 Å². The molecule has 4 amide bonds. The molecule has 3 heterocycles. The highest BCUT2D eigenvalue weighted by Gasteiger charge is 2.70. The molecule has 254 valence electrons. The fourth-order valence-electron chi connectivity index (χ4n) is 8.22. The third-order valence-corrected chi connectivity index (χ3v) is 10.8. The molecule has 6 unspecified atom stereocenters. The van der Waals surface area contributed by atoms with Crippen molar-refractivity contribution in [1.82, 2.24) is 14.9 Å². The highest BCUT2D eigenvalue weighted by Crippen LogP contribution is 2.65. The number of nitrogens with one attached hydrogen (secondary N) is 1. The Balaban J connectivity index is 1.46. The second-order valence-electron chi connectivity index (χ2n) is 12.6. The number of fused-ring (bicyclic) bond motifs is 4. The third-order valence-electron chi connectivity index (χ3n) is 10.3. The van der Waals surface area contributed by atoms with Crippen LogP contribution in [0.3, 0.4) is 0 Å². The lowest BCUT2D eigenvalue weighted by molar-refractivity contribution is -0.140. The number of ether oxygens (including phenoxy) is 1. The van der Waals surface area contributed by atoms with Crippen LogP contribution in [0.2, 0.25) is 10.0 Å². The van der Waals surface area contributed by atoms with Gasteiger partial charge in [0, 0.05) is 35.8 Å². The molecule has 7 rings (SSSR count). The zero-order valence-corrected chi connectivity index (χ0v) is 27.3. The summed E-state index contributed by atoms with van der Waals surface area (Å²) in [6.07, 6.45) is -2.17. The van der Waals surface area contributed by atoms with Gasteiger partial charge in [-0.1, -0.05) is 53.1 Å². The monoisotopic (exact) mass is 714 g/mol. The van der Waals surface area contributed by atoms with Gasteiger partial charge >= 0.3 is 6.18 Å². The van der Waals surface area contributed by atoms with Gasteiger partial charge in [-0.2, -0.15) is 18.2 Å². The number of aromatic hydroxyl groups is 1. The predicted molar refractivity (Wildman–Crippen MR) is 169 cm³/mol. The number of carbonyl (C=O) groups excluding carboxylic acids is 4. The molecule has 3 fully saturated rings. The van der Waals surface area contributed by atoms with Gasteiger partial charge in [-0.3, -0.25) is 29.5 Å². The number of rotatable bonds is 5. The minimum atomic E-state index is -4.74. The van der Waals surface area contributed by atoms with Crippen LogP contribution in [-0.2, 0) is 30.8 Å². The average Bonchev–Trinajstić information content (AvgIpc) is 3.42. The van der Waals surface area contributed by atoms with Gasteiger partial charge in [0.05, 0.1) is 40.9 Å². The number of phenols is 1. The number of methoxy groups -OCH3 is 1. The molecule has 49 heavy (non-hydrogen) atoms. The summed E-state index contributed by atoms with van der Waals surface area (Å²) < 4.78 is 45.8. The summed E-state index contributed by atoms with van der Waals surface area (Å²) in [6.45, 7) is 0. The van der Waals surface area contributed by atoms with E-state index in [1.165, 1.54) is 26.3 Å². The third kappa shape index (κ3) is 4.80. The number of aromatic nitrogens is 1. The van der Waals surface area contributed by atoms with E-state index in [0.717, 1.165) is 4.90 Å². The Hall–Kier alpha value is -4.62. The number of anilines is 1. The number of nitrogens with zero attached hydrogens (tertiary/aromatic N) is 3. The Labute approximate surface area is 287 Å². The second kappa shape index (κ2) is 11.5. The van der Waals surface area contributed by atoms with Crippen LogP contribution < -0.4 is 10.2 Å². The Morgan fingerprint density at radius 3 is 2.37 bits per heavy atom. The van der Waals surface area contributed by atoms with Gasteiger partial charge in [-0.15, -0.1) is 0 Å². The highest BCUT2D eigenvalue weighted by atomic mass is 35.5. The number of pyridine rings is 1. The molecule has 0 bridgehead atoms. The summed E-state index contributed by atoms with van der Waals surface area (Å²) in [4.78, 5) is 61.4. The first-order valence-corrected chi connectivity index (χ1v) is 16.0. The van der Waals surface area contributed by atoms with E-state index in [-0.39, 0.29) is 36.1 Å². The number of carbonyl (C=O) groups is 4. The number of amides is 4. The minimum absolute atomic E-state index is 0.0175. The molecule has 10 nitrogen and oxygen atoms in total. The SMILES string of the molecule is COc1cc(O)ccc1C1C2=CCC3C(=O)N(C)C(=O)C3C2CC2C(=O)N(Nc3ncc(C(F)(F)F)cc3Cl)C(=O)C21c1ccc(Cl)cc1. The normalized spacial score (nSPS) is 27.9. The molecule has 15 heteroatoms. The van der Waals surface area contributed by atoms with E-state index in [1.807, 2.05) is 6.08 Å². The van der Waals surface area contributed by atoms with Gasteiger partial charge in [0.25, 0.3) is 11.8 Å². The highest BCUT2D eigenvalue weighted by molar-refractivity contribution is 6.33. The maximum Gasteiger partial charge on any atom is 0.417 e. The standard InChI is InChI=1S/C34H27Cl2F3N4O6/c1-42-29(45)21-10-9-19-22(26(21)31(42)47)13-23-30(46)43(41-28-24(36)11-16(14-40-28)34(37,38)39)32(48)33(23,15-3-5-17(35)6-4-15)27(19)20-8-7-18(44)12-25(20)49-2/h3-9,11-12,14,21-23,26-27,44H,10,13H2,1-2H3,(H,40,41). The van der Waals surface area contributed by atoms with Crippen LogP contribution in [0, 0.1) is 23.7 Å². The quantitative estimate of drug-likeness (QED) is 0.253. The minimum Gasteiger partial charge on any atom is -0.508 e. The van der Waals surface area contributed by atoms with E-state index >= 15 is 4.79 Å². The fraction of sp³-hybridized carbons (Fsp3) is 0.324. The maximum atomic E-state index is 15.1. The van der Waals surface area contributed by atoms with Gasteiger partial charge in [0.15, 0.2) is 5.82 Å². The first-order valence-electron chi connectivity index (χ1n) is 15.2. The van der Waals surface area contributed by atoms with Crippen LogP contribution in [0.4, 0.5) is 19.0 Å². The molecule has 0 spiro atoms. The van der Waals surface area contributed by atoms with Gasteiger partial charge < -0.3 is 9.84 Å². The topological polar surface area (TPSA) is 129 Å². The van der Waals surface area contributed by atoms with E-state index in [4.69, 9.17) is 27.9 Å². The number of hydrogen-bond donors (Lipinski definition) is 2. The maximum absolute atomic E-state index is 15.1. The van der Waals surface area contributed by atoms with Gasteiger partial charge in [0.2, 0.25) is 11.8 Å². The van der Waals surface area contributed by atoms with Crippen molar-refractivity contribution in [3.05, 3.63) is 93.1 Å². The van der Waals surface area contributed by atoms with Crippen molar-refractivity contribution in [3.8, 4) is 11.5 Å². The Kier molecular flexibility index (Phi) is 7.71. The number of hydrogen-bond acceptors (Lipinski definition) is 8. The van der Waals surface area contributed by atoms with E-state index in [1.54, 1.807) is 30.3 Å². The molecule has 3 aromatic rings. The van der Waals surface area contributed by atoms with Crippen molar-refractivity contribution in [1.29, 1.82) is 0 Å². The number of allylic oxidation sites excluding steroid dienone is 2. The summed E-state index contributed by atoms with van der Waals surface area (Å²) in [6, 6.07) is 11.4. The number of imide groups is 2. The lowest BCUT2D eigenvalue weighted by Gasteiger charge is -2.50. The summed E-state index contributed by atoms with van der Waals surface area (Å²) in [7, 11) is 2.80. The lowest BCUT2D eigenvalue weighted by atomic mass is 9.49. The van der Waals surface area contributed by atoms with Gasteiger partial charge in [0.1, 0.15) is 11.5 Å². The van der Waals surface area contributed by atoms with Crippen LogP contribution in [-0.4, -0.2) is 57.8 Å². The smallest absolute Gasteiger partial charge is 0.417 e. The largest absolute Gasteiger partial charge is 0.508 e. The summed E-state index contributed by atoms with van der Waals surface area (Å²) >= 11 is 12.5. The molecular formula is C34H27Cl2F3N4O6. The zero-order chi connectivity index (χ0) is 35.2. The molecule has 1 saturated carbocycles. The lowest BCUT2D eigenvalue weighted by Crippen LogP contribution is -2.53. The Morgan fingerprint density at radius 1 is 1.00 bits per heavy atom. The summed E-state index contributed by atoms with van der Waals surface area (Å²) in [5.41, 5.74) is 1.19. The summed E-state index contributed by atoms with van der Waals surface area (Å²) in [5, 5.41) is 11.0. The van der Waals surface area contributed by atoms with Crippen LogP contribution >= 0.6 is 23.2 Å². The molecule has 2 aliphatic heterocycles. The average molecular weight is 716 g/mol. The number of likely N-dealkylation sites (tertiary alicyclic amines) is 1. The number of benzene rings is 2. The molecule has 2 saturated heterocycles. The number of hydrazine groups is 1.